The van der Waals surface area contributed by atoms with E-state index in [0.29, 0.717) is 11.4 Å². The van der Waals surface area contributed by atoms with Crippen LogP contribution >= 0.6 is 23.1 Å². The Morgan fingerprint density at radius 2 is 2.04 bits per heavy atom. The van der Waals surface area contributed by atoms with E-state index in [-0.39, 0.29) is 18.1 Å². The molecule has 0 spiro atoms. The molecule has 8 heteroatoms. The van der Waals surface area contributed by atoms with Crippen molar-refractivity contribution in [2.45, 2.75) is 10.6 Å². The van der Waals surface area contributed by atoms with Crippen LogP contribution in [0.1, 0.15) is 15.2 Å². The van der Waals surface area contributed by atoms with Crippen LogP contribution in [0.5, 0.6) is 0 Å². The molecular formula is C17H19NO4S3. The number of hydrogen-bond acceptors (Lipinski definition) is 6. The molecule has 1 N–H and O–H groups in total. The summed E-state index contributed by atoms with van der Waals surface area (Å²) in [5.41, 5.74) is 0.225. The minimum absolute atomic E-state index is 0.225. The molecule has 1 amide bonds. The molecule has 2 rings (SSSR count). The fraction of sp³-hybridized carbons (Fsp3) is 0.294. The van der Waals surface area contributed by atoms with Crippen molar-refractivity contribution in [2.75, 3.05) is 25.2 Å². The van der Waals surface area contributed by atoms with Gasteiger partial charge in [0.15, 0.2) is 6.61 Å². The highest BCUT2D eigenvalue weighted by Gasteiger charge is 2.15. The summed E-state index contributed by atoms with van der Waals surface area (Å²) in [4.78, 5) is 25.5. The summed E-state index contributed by atoms with van der Waals surface area (Å²) in [6.07, 6.45) is 1.49. The minimum Gasteiger partial charge on any atom is -0.452 e. The number of thiophene rings is 1. The molecule has 5 nitrogen and oxygen atoms in total. The van der Waals surface area contributed by atoms with E-state index in [2.05, 4.69) is 11.4 Å². The first-order valence-electron chi connectivity index (χ1n) is 7.54. The summed E-state index contributed by atoms with van der Waals surface area (Å²) >= 11 is 3.45. The van der Waals surface area contributed by atoms with E-state index >= 15 is 0 Å². The number of benzene rings is 1. The SMILES string of the molecule is C[S@@](=O)c1ccccc1C(=O)OCC(=O)NCCSCc1cccs1. The van der Waals surface area contributed by atoms with Crippen LogP contribution < -0.4 is 5.32 Å². The normalized spacial score (nSPS) is 11.7. The third kappa shape index (κ3) is 6.64. The van der Waals surface area contributed by atoms with Crippen molar-refractivity contribution in [3.05, 3.63) is 52.2 Å². The molecular weight excluding hydrogens is 378 g/mol. The Bertz CT molecular complexity index is 731. The van der Waals surface area contributed by atoms with Gasteiger partial charge in [-0.15, -0.1) is 11.3 Å². The molecule has 0 radical (unpaired) electrons. The largest absolute Gasteiger partial charge is 0.452 e. The molecule has 0 saturated carbocycles. The van der Waals surface area contributed by atoms with Gasteiger partial charge in [-0.25, -0.2) is 4.79 Å². The molecule has 1 aromatic carbocycles. The number of amides is 1. The zero-order valence-corrected chi connectivity index (χ0v) is 16.2. The maximum Gasteiger partial charge on any atom is 0.339 e. The van der Waals surface area contributed by atoms with Crippen molar-refractivity contribution >= 4 is 45.8 Å². The fourth-order valence-electron chi connectivity index (χ4n) is 1.98. The van der Waals surface area contributed by atoms with Gasteiger partial charge in [-0.1, -0.05) is 18.2 Å². The Balaban J connectivity index is 1.67. The molecule has 0 saturated heterocycles. The Kier molecular flexibility index (Phi) is 8.17. The number of thioether (sulfide) groups is 1. The van der Waals surface area contributed by atoms with Gasteiger partial charge in [0.05, 0.1) is 21.3 Å². The standard InChI is InChI=1S/C17H19NO4S3/c1-25(21)15-7-3-2-6-14(15)17(20)22-11-16(19)18-8-10-23-12-13-5-4-9-24-13/h2-7,9H,8,10-12H2,1H3,(H,18,19)/t25-/m1/s1. The molecule has 0 aliphatic heterocycles. The molecule has 25 heavy (non-hydrogen) atoms. The highest BCUT2D eigenvalue weighted by atomic mass is 32.2. The lowest BCUT2D eigenvalue weighted by Crippen LogP contribution is -2.30. The van der Waals surface area contributed by atoms with Gasteiger partial charge in [-0.3, -0.25) is 9.00 Å². The van der Waals surface area contributed by atoms with E-state index in [1.165, 1.54) is 17.2 Å². The predicted octanol–water partition coefficient (Wildman–Crippen LogP) is 2.69. The number of rotatable bonds is 9. The fourth-order valence-corrected chi connectivity index (χ4v) is 4.41. The molecule has 0 aliphatic rings. The van der Waals surface area contributed by atoms with Gasteiger partial charge in [0.1, 0.15) is 0 Å². The molecule has 1 atom stereocenters. The van der Waals surface area contributed by atoms with Gasteiger partial charge >= 0.3 is 5.97 Å². The third-order valence-electron chi connectivity index (χ3n) is 3.14. The van der Waals surface area contributed by atoms with Crippen LogP contribution in [-0.2, 0) is 26.1 Å². The number of carbonyl (C=O) groups excluding carboxylic acids is 2. The predicted molar refractivity (Wildman–Crippen MR) is 103 cm³/mol. The van der Waals surface area contributed by atoms with Crippen molar-refractivity contribution in [3.63, 3.8) is 0 Å². The summed E-state index contributed by atoms with van der Waals surface area (Å²) in [5, 5.41) is 4.75. The van der Waals surface area contributed by atoms with Crippen molar-refractivity contribution in [1.82, 2.24) is 5.32 Å². The van der Waals surface area contributed by atoms with E-state index in [0.717, 1.165) is 11.5 Å². The van der Waals surface area contributed by atoms with Crippen LogP contribution in [-0.4, -0.2) is 41.2 Å². The van der Waals surface area contributed by atoms with Gasteiger partial charge < -0.3 is 10.1 Å². The van der Waals surface area contributed by atoms with Crippen LogP contribution in [0.2, 0.25) is 0 Å². The molecule has 2 aromatic rings. The average Bonchev–Trinajstić information content (AvgIpc) is 3.12. The monoisotopic (exact) mass is 397 g/mol. The molecule has 1 aromatic heterocycles. The lowest BCUT2D eigenvalue weighted by atomic mass is 10.2. The maximum atomic E-state index is 12.0. The van der Waals surface area contributed by atoms with E-state index < -0.39 is 16.8 Å². The molecule has 0 bridgehead atoms. The van der Waals surface area contributed by atoms with Crippen molar-refractivity contribution in [2.24, 2.45) is 0 Å². The maximum absolute atomic E-state index is 12.0. The zero-order valence-electron chi connectivity index (χ0n) is 13.7. The first kappa shape index (κ1) is 19.7. The van der Waals surface area contributed by atoms with Gasteiger partial charge in [0, 0.05) is 29.2 Å². The van der Waals surface area contributed by atoms with Crippen LogP contribution in [0.15, 0.2) is 46.7 Å². The Hall–Kier alpha value is -1.64. The van der Waals surface area contributed by atoms with E-state index in [1.54, 1.807) is 41.3 Å². The van der Waals surface area contributed by atoms with Gasteiger partial charge in [-0.2, -0.15) is 11.8 Å². The second-order valence-electron chi connectivity index (χ2n) is 5.01. The number of carbonyl (C=O) groups is 2. The van der Waals surface area contributed by atoms with Crippen LogP contribution in [0, 0.1) is 0 Å². The van der Waals surface area contributed by atoms with E-state index in [4.69, 9.17) is 4.74 Å². The number of esters is 1. The van der Waals surface area contributed by atoms with Gasteiger partial charge in [-0.05, 0) is 23.6 Å². The third-order valence-corrected chi connectivity index (χ3v) is 6.19. The summed E-state index contributed by atoms with van der Waals surface area (Å²) in [5.74, 6) is 0.719. The Morgan fingerprint density at radius 3 is 2.76 bits per heavy atom. The summed E-state index contributed by atoms with van der Waals surface area (Å²) in [7, 11) is -1.30. The second-order valence-corrected chi connectivity index (χ2v) is 8.49. The number of hydrogen-bond donors (Lipinski definition) is 1. The van der Waals surface area contributed by atoms with Gasteiger partial charge in [0.2, 0.25) is 0 Å². The molecule has 0 aliphatic carbocycles. The molecule has 134 valence electrons. The van der Waals surface area contributed by atoms with Crippen molar-refractivity contribution < 1.29 is 18.5 Å². The first-order chi connectivity index (χ1) is 12.1. The molecule has 0 unspecified atom stereocenters. The van der Waals surface area contributed by atoms with Crippen LogP contribution in [0.4, 0.5) is 0 Å². The quantitative estimate of drug-likeness (QED) is 0.520. The Labute approximate surface area is 157 Å². The minimum atomic E-state index is -1.30. The summed E-state index contributed by atoms with van der Waals surface area (Å²) < 4.78 is 16.6. The second kappa shape index (κ2) is 10.4. The Morgan fingerprint density at radius 1 is 1.24 bits per heavy atom. The van der Waals surface area contributed by atoms with Gasteiger partial charge in [0.25, 0.3) is 5.91 Å². The zero-order chi connectivity index (χ0) is 18.1. The highest BCUT2D eigenvalue weighted by molar-refractivity contribution is 7.98. The molecule has 0 fully saturated rings. The van der Waals surface area contributed by atoms with E-state index in [1.807, 2.05) is 11.4 Å². The van der Waals surface area contributed by atoms with E-state index in [9.17, 15) is 13.8 Å². The first-order valence-corrected chi connectivity index (χ1v) is 11.1. The highest BCUT2D eigenvalue weighted by Crippen LogP contribution is 2.16. The smallest absolute Gasteiger partial charge is 0.339 e. The van der Waals surface area contributed by atoms with Crippen molar-refractivity contribution in [1.29, 1.82) is 0 Å². The number of ether oxygens (including phenoxy) is 1. The number of nitrogens with one attached hydrogen (secondary N) is 1. The topological polar surface area (TPSA) is 72.5 Å². The summed E-state index contributed by atoms with van der Waals surface area (Å²) in [6, 6.07) is 10.6. The van der Waals surface area contributed by atoms with Crippen LogP contribution in [0.25, 0.3) is 0 Å². The lowest BCUT2D eigenvalue weighted by molar-refractivity contribution is -0.124. The summed E-state index contributed by atoms with van der Waals surface area (Å²) in [6.45, 7) is 0.168. The van der Waals surface area contributed by atoms with Crippen molar-refractivity contribution in [3.8, 4) is 0 Å². The average molecular weight is 398 g/mol. The lowest BCUT2D eigenvalue weighted by Gasteiger charge is -2.08. The molecule has 1 heterocycles. The van der Waals surface area contributed by atoms with Crippen LogP contribution in [0.3, 0.4) is 0 Å².